The number of anilines is 1. The zero-order valence-electron chi connectivity index (χ0n) is 9.27. The molecule has 5 nitrogen and oxygen atoms in total. The third-order valence-electron chi connectivity index (χ3n) is 2.02. The molecule has 0 bridgehead atoms. The summed E-state index contributed by atoms with van der Waals surface area (Å²) < 4.78 is 0. The van der Waals surface area contributed by atoms with E-state index in [0.717, 1.165) is 28.1 Å². The molecule has 6 heteroatoms. The van der Waals surface area contributed by atoms with Crippen LogP contribution in [-0.2, 0) is 13.0 Å². The Labute approximate surface area is 98.0 Å². The lowest BCUT2D eigenvalue weighted by atomic mass is 10.4. The Bertz CT molecular complexity index is 468. The maximum absolute atomic E-state index is 4.30. The zero-order valence-corrected chi connectivity index (χ0v) is 10.1. The largest absolute Gasteiger partial charge is 0.354 e. The maximum atomic E-state index is 4.30. The molecule has 0 spiro atoms. The van der Waals surface area contributed by atoms with Crippen molar-refractivity contribution in [3.8, 4) is 0 Å². The average Bonchev–Trinajstić information content (AvgIpc) is 2.74. The minimum Gasteiger partial charge on any atom is -0.354 e. The van der Waals surface area contributed by atoms with Crippen molar-refractivity contribution in [2.45, 2.75) is 26.8 Å². The smallest absolute Gasteiger partial charge is 0.205 e. The topological polar surface area (TPSA) is 63.6 Å². The Morgan fingerprint density at radius 1 is 1.38 bits per heavy atom. The Kier molecular flexibility index (Phi) is 3.40. The van der Waals surface area contributed by atoms with Crippen LogP contribution in [0, 0.1) is 6.92 Å². The highest BCUT2D eigenvalue weighted by Gasteiger charge is 2.02. The molecule has 2 aromatic heterocycles. The van der Waals surface area contributed by atoms with Crippen LogP contribution in [0.3, 0.4) is 0 Å². The summed E-state index contributed by atoms with van der Waals surface area (Å²) in [7, 11) is 0. The molecular formula is C10H13N5S. The molecule has 2 aromatic rings. The molecule has 16 heavy (non-hydrogen) atoms. The first-order chi connectivity index (χ1) is 7.78. The summed E-state index contributed by atoms with van der Waals surface area (Å²) in [5, 5.41) is 13.2. The molecule has 0 atom stereocenters. The van der Waals surface area contributed by atoms with Crippen molar-refractivity contribution >= 4 is 16.5 Å². The van der Waals surface area contributed by atoms with E-state index in [2.05, 4.69) is 32.4 Å². The number of hydrogen-bond acceptors (Lipinski definition) is 6. The molecular weight excluding hydrogens is 222 g/mol. The van der Waals surface area contributed by atoms with Gasteiger partial charge in [0.1, 0.15) is 10.8 Å². The first-order valence-corrected chi connectivity index (χ1v) is 5.94. The van der Waals surface area contributed by atoms with Crippen molar-refractivity contribution in [1.82, 2.24) is 20.2 Å². The first-order valence-electron chi connectivity index (χ1n) is 5.12. The van der Waals surface area contributed by atoms with E-state index >= 15 is 0 Å². The fourth-order valence-electron chi connectivity index (χ4n) is 1.24. The fourth-order valence-corrected chi connectivity index (χ4v) is 1.91. The van der Waals surface area contributed by atoms with Gasteiger partial charge in [0.15, 0.2) is 0 Å². The molecule has 0 fully saturated rings. The lowest BCUT2D eigenvalue weighted by Gasteiger charge is -2.01. The highest BCUT2D eigenvalue weighted by molar-refractivity contribution is 7.15. The molecule has 0 amide bonds. The predicted molar refractivity (Wildman–Crippen MR) is 63.4 cm³/mol. The predicted octanol–water partition coefficient (Wildman–Crippen LogP) is 1.81. The Balaban J connectivity index is 1.96. The molecule has 0 radical (unpaired) electrons. The van der Waals surface area contributed by atoms with E-state index < -0.39 is 0 Å². The third kappa shape index (κ3) is 2.73. The van der Waals surface area contributed by atoms with Gasteiger partial charge in [-0.25, -0.2) is 9.97 Å². The minimum absolute atomic E-state index is 0.654. The van der Waals surface area contributed by atoms with Gasteiger partial charge < -0.3 is 5.32 Å². The number of nitrogens with zero attached hydrogens (tertiary/aromatic N) is 4. The molecule has 0 saturated carbocycles. The van der Waals surface area contributed by atoms with Gasteiger partial charge in [-0.2, -0.15) is 0 Å². The van der Waals surface area contributed by atoms with Crippen LogP contribution in [0.25, 0.3) is 0 Å². The molecule has 0 aliphatic rings. The van der Waals surface area contributed by atoms with Gasteiger partial charge in [0, 0.05) is 6.20 Å². The number of aryl methyl sites for hydroxylation is 2. The molecule has 0 saturated heterocycles. The second kappa shape index (κ2) is 4.98. The summed E-state index contributed by atoms with van der Waals surface area (Å²) in [6, 6.07) is 1.89. The molecule has 0 unspecified atom stereocenters. The zero-order chi connectivity index (χ0) is 11.4. The van der Waals surface area contributed by atoms with Gasteiger partial charge in [-0.05, 0) is 19.4 Å². The van der Waals surface area contributed by atoms with E-state index in [1.165, 1.54) is 0 Å². The molecule has 0 aromatic carbocycles. The molecule has 1 N–H and O–H groups in total. The van der Waals surface area contributed by atoms with Crippen molar-refractivity contribution in [3.05, 3.63) is 28.8 Å². The molecule has 0 aliphatic carbocycles. The van der Waals surface area contributed by atoms with Crippen LogP contribution in [0.5, 0.6) is 0 Å². The van der Waals surface area contributed by atoms with E-state index in [4.69, 9.17) is 0 Å². The standard InChI is InChI=1S/C10H13N5S/c1-3-9-14-15-10(16-9)12-6-8-4-5-11-7(2)13-8/h4-5H,3,6H2,1-2H3,(H,12,15). The summed E-state index contributed by atoms with van der Waals surface area (Å²) in [4.78, 5) is 8.35. The minimum atomic E-state index is 0.654. The van der Waals surface area contributed by atoms with Crippen LogP contribution in [0.2, 0.25) is 0 Å². The highest BCUT2D eigenvalue weighted by atomic mass is 32.1. The lowest BCUT2D eigenvalue weighted by Crippen LogP contribution is -2.02. The van der Waals surface area contributed by atoms with Crippen LogP contribution < -0.4 is 5.32 Å². The summed E-state index contributed by atoms with van der Waals surface area (Å²) in [5.41, 5.74) is 0.959. The second-order valence-corrected chi connectivity index (χ2v) is 4.37. The Hall–Kier alpha value is -1.56. The van der Waals surface area contributed by atoms with Crippen LogP contribution in [0.15, 0.2) is 12.3 Å². The van der Waals surface area contributed by atoms with Gasteiger partial charge in [-0.15, -0.1) is 10.2 Å². The highest BCUT2D eigenvalue weighted by Crippen LogP contribution is 2.15. The monoisotopic (exact) mass is 235 g/mol. The molecule has 84 valence electrons. The van der Waals surface area contributed by atoms with E-state index in [9.17, 15) is 0 Å². The Morgan fingerprint density at radius 2 is 2.25 bits per heavy atom. The van der Waals surface area contributed by atoms with Crippen molar-refractivity contribution in [1.29, 1.82) is 0 Å². The van der Waals surface area contributed by atoms with Crippen molar-refractivity contribution in [2.24, 2.45) is 0 Å². The lowest BCUT2D eigenvalue weighted by molar-refractivity contribution is 0.939. The number of rotatable bonds is 4. The number of aromatic nitrogens is 4. The van der Waals surface area contributed by atoms with Gasteiger partial charge in [-0.3, -0.25) is 0 Å². The van der Waals surface area contributed by atoms with Gasteiger partial charge in [0.25, 0.3) is 0 Å². The molecule has 2 heterocycles. The normalized spacial score (nSPS) is 10.4. The number of hydrogen-bond donors (Lipinski definition) is 1. The molecule has 0 aliphatic heterocycles. The van der Waals surface area contributed by atoms with Crippen LogP contribution in [0.1, 0.15) is 23.4 Å². The van der Waals surface area contributed by atoms with Gasteiger partial charge >= 0.3 is 0 Å². The van der Waals surface area contributed by atoms with Crippen molar-refractivity contribution < 1.29 is 0 Å². The maximum Gasteiger partial charge on any atom is 0.205 e. The summed E-state index contributed by atoms with van der Waals surface area (Å²) in [6.45, 7) is 4.60. The van der Waals surface area contributed by atoms with Crippen LogP contribution in [-0.4, -0.2) is 20.2 Å². The first kappa shape index (κ1) is 10.9. The SMILES string of the molecule is CCc1nnc(NCc2ccnc(C)n2)s1. The van der Waals surface area contributed by atoms with E-state index in [1.807, 2.05) is 13.0 Å². The summed E-state index contributed by atoms with van der Waals surface area (Å²) in [5.74, 6) is 0.783. The van der Waals surface area contributed by atoms with Crippen LogP contribution >= 0.6 is 11.3 Å². The van der Waals surface area contributed by atoms with E-state index in [-0.39, 0.29) is 0 Å². The van der Waals surface area contributed by atoms with Crippen LogP contribution in [0.4, 0.5) is 5.13 Å². The quantitative estimate of drug-likeness (QED) is 0.875. The second-order valence-electron chi connectivity index (χ2n) is 3.30. The van der Waals surface area contributed by atoms with Gasteiger partial charge in [0.2, 0.25) is 5.13 Å². The number of nitrogens with one attached hydrogen (secondary N) is 1. The van der Waals surface area contributed by atoms with Gasteiger partial charge in [0.05, 0.1) is 12.2 Å². The van der Waals surface area contributed by atoms with E-state index in [1.54, 1.807) is 17.5 Å². The fraction of sp³-hybridized carbons (Fsp3) is 0.400. The summed E-state index contributed by atoms with van der Waals surface area (Å²) >= 11 is 1.58. The summed E-state index contributed by atoms with van der Waals surface area (Å²) in [6.07, 6.45) is 2.68. The molecule has 2 rings (SSSR count). The van der Waals surface area contributed by atoms with Crippen molar-refractivity contribution in [2.75, 3.05) is 5.32 Å². The van der Waals surface area contributed by atoms with Crippen molar-refractivity contribution in [3.63, 3.8) is 0 Å². The average molecular weight is 235 g/mol. The Morgan fingerprint density at radius 3 is 2.94 bits per heavy atom. The van der Waals surface area contributed by atoms with E-state index in [0.29, 0.717) is 6.54 Å². The third-order valence-corrected chi connectivity index (χ3v) is 3.05. The van der Waals surface area contributed by atoms with Gasteiger partial charge in [-0.1, -0.05) is 18.3 Å².